The molecular formula is C27H36N6O2. The van der Waals surface area contributed by atoms with Crippen molar-refractivity contribution in [1.29, 1.82) is 0 Å². The average Bonchev–Trinajstić information content (AvgIpc) is 3.08. The molecule has 1 N–H and O–H groups in total. The lowest BCUT2D eigenvalue weighted by Crippen LogP contribution is -2.38. The fourth-order valence-electron chi connectivity index (χ4n) is 4.72. The summed E-state index contributed by atoms with van der Waals surface area (Å²) >= 11 is 0. The lowest BCUT2D eigenvalue weighted by Gasteiger charge is -2.23. The highest BCUT2D eigenvalue weighted by Gasteiger charge is 2.27. The fraction of sp³-hybridized carbons (Fsp3) is 0.481. The van der Waals surface area contributed by atoms with E-state index >= 15 is 0 Å². The number of carbonyl (C=O) groups is 2. The fourth-order valence-corrected chi connectivity index (χ4v) is 4.72. The summed E-state index contributed by atoms with van der Waals surface area (Å²) in [6, 6.07) is 14.2. The Bertz CT molecular complexity index is 1190. The van der Waals surface area contributed by atoms with Crippen LogP contribution in [0.15, 0.2) is 42.5 Å². The molecule has 0 saturated carbocycles. The van der Waals surface area contributed by atoms with Crippen molar-refractivity contribution < 1.29 is 9.59 Å². The van der Waals surface area contributed by atoms with Gasteiger partial charge in [-0.15, -0.1) is 10.2 Å². The highest BCUT2D eigenvalue weighted by molar-refractivity contribution is 5.85. The molecule has 1 aliphatic heterocycles. The van der Waals surface area contributed by atoms with Crippen LogP contribution in [0.2, 0.25) is 0 Å². The van der Waals surface area contributed by atoms with Gasteiger partial charge in [0, 0.05) is 26.1 Å². The molecule has 1 aliphatic rings. The number of hydrogen-bond acceptors (Lipinski definition) is 5. The second-order valence-corrected chi connectivity index (χ2v) is 10.1. The monoisotopic (exact) mass is 476 g/mol. The molecule has 4 rings (SSSR count). The molecular weight excluding hydrogens is 440 g/mol. The van der Waals surface area contributed by atoms with Gasteiger partial charge in [0.25, 0.3) is 0 Å². The molecule has 0 saturated heterocycles. The van der Waals surface area contributed by atoms with Gasteiger partial charge in [-0.1, -0.05) is 56.3 Å². The Kier molecular flexibility index (Phi) is 7.80. The van der Waals surface area contributed by atoms with Crippen molar-refractivity contribution in [3.05, 3.63) is 59.7 Å². The van der Waals surface area contributed by atoms with E-state index in [1.807, 2.05) is 42.1 Å². The molecule has 0 spiro atoms. The van der Waals surface area contributed by atoms with Gasteiger partial charge >= 0.3 is 0 Å². The first kappa shape index (κ1) is 24.9. The van der Waals surface area contributed by atoms with E-state index in [1.165, 1.54) is 5.39 Å². The number of nitrogens with zero attached hydrogens (tertiary/aromatic N) is 5. The molecule has 0 aliphatic carbocycles. The Morgan fingerprint density at radius 1 is 1.03 bits per heavy atom. The first-order valence-electron chi connectivity index (χ1n) is 12.4. The molecule has 0 radical (unpaired) electrons. The number of benzene rings is 2. The number of aromatic nitrogens is 3. The maximum atomic E-state index is 13.2. The lowest BCUT2D eigenvalue weighted by molar-refractivity contribution is -0.130. The number of likely N-dealkylation sites (N-methyl/N-ethyl adjacent to an activating group) is 1. The molecule has 0 bridgehead atoms. The molecule has 1 atom stereocenters. The summed E-state index contributed by atoms with van der Waals surface area (Å²) in [5.41, 5.74) is 1.03. The molecule has 186 valence electrons. The first-order valence-corrected chi connectivity index (χ1v) is 12.4. The third-order valence-electron chi connectivity index (χ3n) is 6.39. The average molecular weight is 477 g/mol. The predicted octanol–water partition coefficient (Wildman–Crippen LogP) is 2.82. The van der Waals surface area contributed by atoms with Crippen molar-refractivity contribution in [2.75, 3.05) is 33.7 Å². The van der Waals surface area contributed by atoms with E-state index in [4.69, 9.17) is 0 Å². The number of hydrogen-bond donors (Lipinski definition) is 1. The van der Waals surface area contributed by atoms with Crippen LogP contribution < -0.4 is 5.32 Å². The predicted molar refractivity (Wildman–Crippen MR) is 137 cm³/mol. The van der Waals surface area contributed by atoms with Crippen LogP contribution in [0.1, 0.15) is 43.5 Å². The van der Waals surface area contributed by atoms with Crippen LogP contribution in [0.3, 0.4) is 0 Å². The van der Waals surface area contributed by atoms with Gasteiger partial charge in [-0.25, -0.2) is 0 Å². The van der Waals surface area contributed by atoms with Crippen LogP contribution >= 0.6 is 0 Å². The normalized spacial score (nSPS) is 14.7. The minimum absolute atomic E-state index is 0.0289. The van der Waals surface area contributed by atoms with Gasteiger partial charge in [0.05, 0.1) is 19.0 Å². The van der Waals surface area contributed by atoms with Crippen molar-refractivity contribution in [3.8, 4) is 0 Å². The minimum atomic E-state index is -0.205. The quantitative estimate of drug-likeness (QED) is 0.541. The number of rotatable bonds is 8. The van der Waals surface area contributed by atoms with E-state index in [9.17, 15) is 9.59 Å². The molecule has 2 heterocycles. The number of amides is 2. The van der Waals surface area contributed by atoms with Crippen molar-refractivity contribution in [2.24, 2.45) is 5.92 Å². The highest BCUT2D eigenvalue weighted by Crippen LogP contribution is 2.23. The van der Waals surface area contributed by atoms with Gasteiger partial charge in [0.1, 0.15) is 5.82 Å². The van der Waals surface area contributed by atoms with Gasteiger partial charge in [-0.3, -0.25) is 9.59 Å². The molecule has 35 heavy (non-hydrogen) atoms. The standard InChI is InChI=1S/C27H36N6O2/c1-19(2)15-23(28-25(34)18-31(3)4)27-30-29-24-11-12-32(13-14-33(24)27)26(35)17-20-9-10-21-7-5-6-8-22(21)16-20/h5-10,16,19,23H,11-15,17-18H2,1-4H3,(H,28,34). The van der Waals surface area contributed by atoms with Gasteiger partial charge in [0.15, 0.2) is 5.82 Å². The Labute approximate surface area is 207 Å². The summed E-state index contributed by atoms with van der Waals surface area (Å²) in [4.78, 5) is 29.4. The van der Waals surface area contributed by atoms with Crippen LogP contribution in [0.4, 0.5) is 0 Å². The SMILES string of the molecule is CC(C)CC(NC(=O)CN(C)C)c1nnc2n1CCN(C(=O)Cc1ccc3ccccc3c1)CC2. The van der Waals surface area contributed by atoms with E-state index < -0.39 is 0 Å². The molecule has 0 fully saturated rings. The van der Waals surface area contributed by atoms with Crippen LogP contribution in [0, 0.1) is 5.92 Å². The van der Waals surface area contributed by atoms with Crippen LogP contribution in [-0.2, 0) is 29.0 Å². The van der Waals surface area contributed by atoms with Crippen LogP contribution in [0.5, 0.6) is 0 Å². The molecule has 2 amide bonds. The van der Waals surface area contributed by atoms with E-state index in [0.29, 0.717) is 44.9 Å². The van der Waals surface area contributed by atoms with Crippen LogP contribution in [-0.4, -0.2) is 70.1 Å². The zero-order chi connectivity index (χ0) is 24.9. The number of nitrogens with one attached hydrogen (secondary N) is 1. The largest absolute Gasteiger partial charge is 0.345 e. The molecule has 1 unspecified atom stereocenters. The summed E-state index contributed by atoms with van der Waals surface area (Å²) in [6.45, 7) is 6.44. The zero-order valence-electron chi connectivity index (χ0n) is 21.2. The van der Waals surface area contributed by atoms with Crippen molar-refractivity contribution in [3.63, 3.8) is 0 Å². The summed E-state index contributed by atoms with van der Waals surface area (Å²) in [5.74, 6) is 2.14. The maximum absolute atomic E-state index is 13.2. The van der Waals surface area contributed by atoms with Crippen molar-refractivity contribution in [1.82, 2.24) is 29.9 Å². The molecule has 2 aromatic carbocycles. The second-order valence-electron chi connectivity index (χ2n) is 10.1. The van der Waals surface area contributed by atoms with Gasteiger partial charge in [-0.2, -0.15) is 0 Å². The Balaban J connectivity index is 1.45. The second kappa shape index (κ2) is 11.0. The van der Waals surface area contributed by atoms with Gasteiger partial charge in [-0.05, 0) is 42.8 Å². The van der Waals surface area contributed by atoms with E-state index in [-0.39, 0.29) is 17.9 Å². The van der Waals surface area contributed by atoms with Gasteiger partial charge < -0.3 is 19.7 Å². The van der Waals surface area contributed by atoms with Crippen molar-refractivity contribution in [2.45, 2.75) is 45.7 Å². The van der Waals surface area contributed by atoms with E-state index in [1.54, 1.807) is 0 Å². The van der Waals surface area contributed by atoms with Crippen molar-refractivity contribution >= 4 is 22.6 Å². The molecule has 8 nitrogen and oxygen atoms in total. The molecule has 3 aromatic rings. The minimum Gasteiger partial charge on any atom is -0.345 e. The summed E-state index contributed by atoms with van der Waals surface area (Å²) in [6.07, 6.45) is 1.81. The van der Waals surface area contributed by atoms with Crippen LogP contribution in [0.25, 0.3) is 10.8 Å². The zero-order valence-corrected chi connectivity index (χ0v) is 21.2. The third-order valence-corrected chi connectivity index (χ3v) is 6.39. The summed E-state index contributed by atoms with van der Waals surface area (Å²) in [7, 11) is 3.76. The third kappa shape index (κ3) is 6.25. The van der Waals surface area contributed by atoms with E-state index in [0.717, 1.165) is 29.0 Å². The number of carbonyl (C=O) groups excluding carboxylic acids is 2. The highest BCUT2D eigenvalue weighted by atomic mass is 16.2. The molecule has 8 heteroatoms. The lowest BCUT2D eigenvalue weighted by atomic mass is 10.0. The number of fused-ring (bicyclic) bond motifs is 2. The topological polar surface area (TPSA) is 83.4 Å². The van der Waals surface area contributed by atoms with E-state index in [2.05, 4.69) is 58.2 Å². The Hall–Kier alpha value is -3.26. The molecule has 1 aromatic heterocycles. The maximum Gasteiger partial charge on any atom is 0.234 e. The van der Waals surface area contributed by atoms with Gasteiger partial charge in [0.2, 0.25) is 11.8 Å². The summed E-state index contributed by atoms with van der Waals surface area (Å²) < 4.78 is 2.10. The smallest absolute Gasteiger partial charge is 0.234 e. The Morgan fingerprint density at radius 2 is 1.80 bits per heavy atom. The Morgan fingerprint density at radius 3 is 2.54 bits per heavy atom. The first-order chi connectivity index (χ1) is 16.8. The summed E-state index contributed by atoms with van der Waals surface area (Å²) in [5, 5.41) is 14.4.